The Morgan fingerprint density at radius 2 is 1.81 bits per heavy atom. The first-order chi connectivity index (χ1) is 12.5. The topological polar surface area (TPSA) is 88.3 Å². The molecule has 1 atom stereocenters. The molecule has 0 aliphatic heterocycles. The lowest BCUT2D eigenvalue weighted by molar-refractivity contribution is -0.123. The van der Waals surface area contributed by atoms with Crippen molar-refractivity contribution >= 4 is 28.5 Å². The number of halogens is 1. The fourth-order valence-electron chi connectivity index (χ4n) is 2.38. The lowest BCUT2D eigenvalue weighted by atomic mass is 10.2. The smallest absolute Gasteiger partial charge is 0.355 e. The summed E-state index contributed by atoms with van der Waals surface area (Å²) in [6.07, 6.45) is -1.18. The number of H-pyrrole nitrogens is 1. The van der Waals surface area contributed by atoms with E-state index in [4.69, 9.17) is 4.74 Å². The first kappa shape index (κ1) is 17.3. The van der Waals surface area contributed by atoms with Crippen molar-refractivity contribution in [3.63, 3.8) is 0 Å². The highest BCUT2D eigenvalue weighted by Gasteiger charge is 2.21. The van der Waals surface area contributed by atoms with Crippen molar-refractivity contribution in [1.29, 1.82) is 0 Å². The van der Waals surface area contributed by atoms with Gasteiger partial charge in [-0.15, -0.1) is 0 Å². The average molecular weight is 354 g/mol. The van der Waals surface area contributed by atoms with Crippen LogP contribution in [-0.4, -0.2) is 23.0 Å². The number of hydrogen-bond donors (Lipinski definition) is 2. The molecule has 0 fully saturated rings. The number of rotatable bonds is 4. The molecular formula is C19H15FN2O4. The number of ether oxygens (including phenoxy) is 1. The van der Waals surface area contributed by atoms with Crippen LogP contribution < -0.4 is 10.7 Å². The largest absolute Gasteiger partial charge is 0.448 e. The van der Waals surface area contributed by atoms with Gasteiger partial charge < -0.3 is 15.0 Å². The molecule has 0 unspecified atom stereocenters. The van der Waals surface area contributed by atoms with Crippen LogP contribution in [0.5, 0.6) is 0 Å². The molecule has 26 heavy (non-hydrogen) atoms. The van der Waals surface area contributed by atoms with Crippen LogP contribution >= 0.6 is 0 Å². The number of amides is 1. The summed E-state index contributed by atoms with van der Waals surface area (Å²) in [4.78, 5) is 39.2. The fourth-order valence-corrected chi connectivity index (χ4v) is 2.38. The highest BCUT2D eigenvalue weighted by Crippen LogP contribution is 2.14. The van der Waals surface area contributed by atoms with Gasteiger partial charge in [0, 0.05) is 17.0 Å². The van der Waals surface area contributed by atoms with Gasteiger partial charge in [-0.2, -0.15) is 0 Å². The SMILES string of the molecule is C[C@@H](OC(=O)c1cc(=O)c2ccccc2[nH]1)C(=O)Nc1ccccc1F. The Kier molecular flexibility index (Phi) is 4.79. The number of hydrogen-bond acceptors (Lipinski definition) is 4. The maximum atomic E-state index is 13.6. The zero-order valence-electron chi connectivity index (χ0n) is 13.8. The number of para-hydroxylation sites is 2. The number of benzene rings is 2. The first-order valence-corrected chi connectivity index (χ1v) is 7.84. The van der Waals surface area contributed by atoms with Crippen molar-refractivity contribution in [3.8, 4) is 0 Å². The van der Waals surface area contributed by atoms with Crippen molar-refractivity contribution in [2.75, 3.05) is 5.32 Å². The van der Waals surface area contributed by atoms with Gasteiger partial charge in [-0.3, -0.25) is 9.59 Å². The number of carbonyl (C=O) groups excluding carboxylic acids is 2. The quantitative estimate of drug-likeness (QED) is 0.705. The molecule has 2 N–H and O–H groups in total. The molecule has 0 aliphatic rings. The Morgan fingerprint density at radius 3 is 2.58 bits per heavy atom. The van der Waals surface area contributed by atoms with Crippen LogP contribution in [-0.2, 0) is 9.53 Å². The molecule has 0 spiro atoms. The second-order valence-corrected chi connectivity index (χ2v) is 5.61. The molecule has 3 aromatic rings. The van der Waals surface area contributed by atoms with Gasteiger partial charge in [0.15, 0.2) is 11.5 Å². The number of aromatic amines is 1. The van der Waals surface area contributed by atoms with E-state index in [1.807, 2.05) is 0 Å². The number of aromatic nitrogens is 1. The minimum atomic E-state index is -1.18. The zero-order valence-corrected chi connectivity index (χ0v) is 13.8. The predicted octanol–water partition coefficient (Wildman–Crippen LogP) is 2.85. The Hall–Kier alpha value is -3.48. The summed E-state index contributed by atoms with van der Waals surface area (Å²) in [7, 11) is 0. The van der Waals surface area contributed by atoms with Crippen LogP contribution in [0.3, 0.4) is 0 Å². The minimum Gasteiger partial charge on any atom is -0.448 e. The summed E-state index contributed by atoms with van der Waals surface area (Å²) >= 11 is 0. The molecule has 6 nitrogen and oxygen atoms in total. The van der Waals surface area contributed by atoms with Gasteiger partial charge in [0.25, 0.3) is 5.91 Å². The first-order valence-electron chi connectivity index (χ1n) is 7.84. The number of carbonyl (C=O) groups is 2. The van der Waals surface area contributed by atoms with Crippen LogP contribution in [0.15, 0.2) is 59.4 Å². The molecular weight excluding hydrogens is 339 g/mol. The van der Waals surface area contributed by atoms with E-state index in [9.17, 15) is 18.8 Å². The van der Waals surface area contributed by atoms with Crippen molar-refractivity contribution < 1.29 is 18.7 Å². The third kappa shape index (κ3) is 3.61. The number of fused-ring (bicyclic) bond motifs is 1. The molecule has 0 saturated heterocycles. The van der Waals surface area contributed by atoms with Gasteiger partial charge in [0.05, 0.1) is 5.69 Å². The third-order valence-corrected chi connectivity index (χ3v) is 3.74. The van der Waals surface area contributed by atoms with Crippen LogP contribution in [0.25, 0.3) is 10.9 Å². The minimum absolute atomic E-state index is 0.0143. The second kappa shape index (κ2) is 7.18. The highest BCUT2D eigenvalue weighted by atomic mass is 19.1. The molecule has 0 bridgehead atoms. The van der Waals surface area contributed by atoms with Gasteiger partial charge in [-0.05, 0) is 31.2 Å². The van der Waals surface area contributed by atoms with Crippen molar-refractivity contribution in [2.24, 2.45) is 0 Å². The van der Waals surface area contributed by atoms with E-state index in [-0.39, 0.29) is 16.8 Å². The molecule has 2 aromatic carbocycles. The maximum Gasteiger partial charge on any atom is 0.355 e. The fraction of sp³-hybridized carbons (Fsp3) is 0.105. The van der Waals surface area contributed by atoms with Gasteiger partial charge in [-0.1, -0.05) is 24.3 Å². The Balaban J connectivity index is 1.74. The summed E-state index contributed by atoms with van der Waals surface area (Å²) in [5.74, 6) is -2.14. The zero-order chi connectivity index (χ0) is 18.7. The molecule has 0 radical (unpaired) electrons. The predicted molar refractivity (Wildman–Crippen MR) is 94.5 cm³/mol. The van der Waals surface area contributed by atoms with Gasteiger partial charge >= 0.3 is 5.97 Å². The molecule has 0 aliphatic carbocycles. The number of pyridine rings is 1. The number of anilines is 1. The molecule has 3 rings (SSSR count). The molecule has 1 heterocycles. The summed E-state index contributed by atoms with van der Waals surface area (Å²) in [6, 6.07) is 13.5. The molecule has 132 valence electrons. The Morgan fingerprint density at radius 1 is 1.12 bits per heavy atom. The third-order valence-electron chi connectivity index (χ3n) is 3.74. The lowest BCUT2D eigenvalue weighted by Crippen LogP contribution is -2.30. The highest BCUT2D eigenvalue weighted by molar-refractivity contribution is 5.97. The van der Waals surface area contributed by atoms with E-state index in [1.54, 1.807) is 30.3 Å². The van der Waals surface area contributed by atoms with Crippen molar-refractivity contribution in [1.82, 2.24) is 4.98 Å². The van der Waals surface area contributed by atoms with E-state index >= 15 is 0 Å². The van der Waals surface area contributed by atoms with Gasteiger partial charge in [-0.25, -0.2) is 9.18 Å². The number of esters is 1. The lowest BCUT2D eigenvalue weighted by Gasteiger charge is -2.14. The van der Waals surface area contributed by atoms with Crippen LogP contribution in [0.1, 0.15) is 17.4 Å². The molecule has 1 amide bonds. The summed E-state index contributed by atoms with van der Waals surface area (Å²) < 4.78 is 18.6. The standard InChI is InChI=1S/C19H15FN2O4/c1-11(18(24)22-15-9-5-3-7-13(15)20)26-19(25)16-10-17(23)12-6-2-4-8-14(12)21-16/h2-11H,1H3,(H,21,23)(H,22,24)/t11-/m1/s1. The van der Waals surface area contributed by atoms with Crippen LogP contribution in [0.4, 0.5) is 10.1 Å². The Labute approximate surface area is 147 Å². The van der Waals surface area contributed by atoms with Crippen LogP contribution in [0.2, 0.25) is 0 Å². The summed E-state index contributed by atoms with van der Waals surface area (Å²) in [5.41, 5.74) is 0.0592. The van der Waals surface area contributed by atoms with Gasteiger partial charge in [0.1, 0.15) is 11.5 Å². The van der Waals surface area contributed by atoms with E-state index < -0.39 is 23.8 Å². The van der Waals surface area contributed by atoms with Gasteiger partial charge in [0.2, 0.25) is 0 Å². The molecule has 1 aromatic heterocycles. The maximum absolute atomic E-state index is 13.6. The number of nitrogens with one attached hydrogen (secondary N) is 2. The van der Waals surface area contributed by atoms with Crippen LogP contribution in [0, 0.1) is 5.82 Å². The van der Waals surface area contributed by atoms with E-state index in [0.29, 0.717) is 10.9 Å². The summed E-state index contributed by atoms with van der Waals surface area (Å²) in [5, 5.41) is 2.78. The van der Waals surface area contributed by atoms with Crippen molar-refractivity contribution in [3.05, 3.63) is 76.3 Å². The monoisotopic (exact) mass is 354 g/mol. The van der Waals surface area contributed by atoms with E-state index in [2.05, 4.69) is 10.3 Å². The van der Waals surface area contributed by atoms with Crippen molar-refractivity contribution in [2.45, 2.75) is 13.0 Å². The second-order valence-electron chi connectivity index (χ2n) is 5.61. The van der Waals surface area contributed by atoms with E-state index in [0.717, 1.165) is 6.07 Å². The van der Waals surface area contributed by atoms with E-state index in [1.165, 1.54) is 25.1 Å². The summed E-state index contributed by atoms with van der Waals surface area (Å²) in [6.45, 7) is 1.35. The molecule has 7 heteroatoms. The molecule has 0 saturated carbocycles. The normalized spacial score (nSPS) is 11.8. The average Bonchev–Trinajstić information content (AvgIpc) is 2.63. The Bertz CT molecular complexity index is 1040.